The van der Waals surface area contributed by atoms with Crippen molar-refractivity contribution in [2.75, 3.05) is 11.9 Å². The van der Waals surface area contributed by atoms with Crippen LogP contribution in [0, 0.1) is 25.2 Å². The fourth-order valence-electron chi connectivity index (χ4n) is 3.50. The number of amides is 1. The number of nitriles is 1. The Kier molecular flexibility index (Phi) is 5.33. The Labute approximate surface area is 179 Å². The zero-order chi connectivity index (χ0) is 22.0. The van der Waals surface area contributed by atoms with Crippen molar-refractivity contribution in [1.82, 2.24) is 10.2 Å². The highest BCUT2D eigenvalue weighted by molar-refractivity contribution is 5.91. The number of H-pyrrole nitrogens is 1. The van der Waals surface area contributed by atoms with Gasteiger partial charge in [-0.25, -0.2) is 0 Å². The number of nitrogens with one attached hydrogen (secondary N) is 2. The second-order valence-electron chi connectivity index (χ2n) is 7.27. The zero-order valence-electron chi connectivity index (χ0n) is 17.1. The molecular weight excluding hydrogens is 394 g/mol. The second-order valence-corrected chi connectivity index (χ2v) is 7.27. The van der Waals surface area contributed by atoms with E-state index in [9.17, 15) is 10.1 Å². The Morgan fingerprint density at radius 3 is 2.81 bits per heavy atom. The molecule has 0 aliphatic carbocycles. The largest absolute Gasteiger partial charge is 0.484 e. The van der Waals surface area contributed by atoms with Crippen LogP contribution in [0.15, 0.2) is 60.0 Å². The molecule has 0 radical (unpaired) electrons. The van der Waals surface area contributed by atoms with E-state index in [0.717, 1.165) is 22.4 Å². The number of nitrogens with zero attached hydrogens (tertiary/aromatic N) is 2. The molecule has 3 aromatic rings. The number of aryl methyl sites for hydroxylation is 2. The predicted molar refractivity (Wildman–Crippen MR) is 114 cm³/mol. The maximum absolute atomic E-state index is 12.2. The molecule has 0 spiro atoms. The van der Waals surface area contributed by atoms with Crippen LogP contribution in [-0.2, 0) is 4.79 Å². The molecule has 4 rings (SSSR count). The van der Waals surface area contributed by atoms with E-state index in [0.29, 0.717) is 22.9 Å². The van der Waals surface area contributed by atoms with E-state index in [2.05, 4.69) is 21.6 Å². The first-order valence-electron chi connectivity index (χ1n) is 9.68. The third-order valence-electron chi connectivity index (χ3n) is 5.03. The van der Waals surface area contributed by atoms with Gasteiger partial charge in [0.2, 0.25) is 11.8 Å². The molecule has 8 nitrogen and oxygen atoms in total. The fourth-order valence-corrected chi connectivity index (χ4v) is 3.50. The highest BCUT2D eigenvalue weighted by Crippen LogP contribution is 2.43. The Hall–Kier alpha value is -4.25. The number of allylic oxidation sites excluding steroid dienone is 1. The summed E-state index contributed by atoms with van der Waals surface area (Å²) in [5, 5.41) is 19.5. The van der Waals surface area contributed by atoms with E-state index in [1.807, 2.05) is 44.2 Å². The van der Waals surface area contributed by atoms with Crippen LogP contribution >= 0.6 is 0 Å². The molecule has 31 heavy (non-hydrogen) atoms. The van der Waals surface area contributed by atoms with Crippen LogP contribution in [-0.4, -0.2) is 22.7 Å². The van der Waals surface area contributed by atoms with Gasteiger partial charge >= 0.3 is 0 Å². The molecule has 0 bridgehead atoms. The van der Waals surface area contributed by atoms with Crippen LogP contribution in [0.25, 0.3) is 0 Å². The van der Waals surface area contributed by atoms with Gasteiger partial charge in [0.1, 0.15) is 17.4 Å². The van der Waals surface area contributed by atoms with Crippen molar-refractivity contribution in [2.45, 2.75) is 19.8 Å². The molecule has 1 aliphatic rings. The van der Waals surface area contributed by atoms with Gasteiger partial charge in [-0.15, -0.1) is 5.10 Å². The van der Waals surface area contributed by atoms with E-state index in [1.165, 1.54) is 0 Å². The average Bonchev–Trinajstić information content (AvgIpc) is 3.13. The Morgan fingerprint density at radius 1 is 1.29 bits per heavy atom. The number of aromatic nitrogens is 2. The summed E-state index contributed by atoms with van der Waals surface area (Å²) >= 11 is 0. The number of benzene rings is 2. The summed E-state index contributed by atoms with van der Waals surface area (Å²) in [5.41, 5.74) is 10.4. The van der Waals surface area contributed by atoms with Gasteiger partial charge in [-0.2, -0.15) is 5.26 Å². The topological polar surface area (TPSA) is 126 Å². The molecule has 1 aliphatic heterocycles. The second kappa shape index (κ2) is 8.24. The molecular formula is C23H21N5O3. The number of hydrogen-bond acceptors (Lipinski definition) is 6. The summed E-state index contributed by atoms with van der Waals surface area (Å²) in [4.78, 5) is 12.2. The third kappa shape index (κ3) is 4.07. The van der Waals surface area contributed by atoms with Crippen molar-refractivity contribution in [1.29, 1.82) is 5.26 Å². The van der Waals surface area contributed by atoms with Crippen LogP contribution in [0.2, 0.25) is 0 Å². The number of carbonyl (C=O) groups is 1. The summed E-state index contributed by atoms with van der Waals surface area (Å²) in [6, 6.07) is 16.9. The summed E-state index contributed by atoms with van der Waals surface area (Å²) in [6.45, 7) is 3.69. The lowest BCUT2D eigenvalue weighted by molar-refractivity contribution is -0.118. The average molecular weight is 415 g/mol. The van der Waals surface area contributed by atoms with E-state index >= 15 is 0 Å². The van der Waals surface area contributed by atoms with Crippen molar-refractivity contribution in [3.05, 3.63) is 82.4 Å². The van der Waals surface area contributed by atoms with Crippen LogP contribution in [0.5, 0.6) is 11.6 Å². The van der Waals surface area contributed by atoms with Crippen LogP contribution in [0.1, 0.15) is 28.3 Å². The van der Waals surface area contributed by atoms with Gasteiger partial charge in [-0.05, 0) is 43.7 Å². The zero-order valence-corrected chi connectivity index (χ0v) is 17.1. The molecule has 2 aromatic carbocycles. The summed E-state index contributed by atoms with van der Waals surface area (Å²) in [5.74, 6) is 0.160. The molecule has 0 saturated carbocycles. The minimum absolute atomic E-state index is 0.0234. The van der Waals surface area contributed by atoms with Gasteiger partial charge in [0, 0.05) is 16.9 Å². The standard InChI is InChI=1S/C23H21N5O3/c1-13-6-8-16(9-7-13)26-19(29)12-30-17-5-3-4-15(10-17)21-18(11-24)22(25)31-23-20(21)14(2)27-28-23/h3-10,21H,12,25H2,1-2H3,(H,26,29)(H,27,28). The van der Waals surface area contributed by atoms with Gasteiger partial charge in [-0.1, -0.05) is 29.8 Å². The highest BCUT2D eigenvalue weighted by atomic mass is 16.5. The van der Waals surface area contributed by atoms with Crippen molar-refractivity contribution >= 4 is 11.6 Å². The SMILES string of the molecule is Cc1ccc(NC(=O)COc2cccc(C3C(C#N)=C(N)Oc4n[nH]c(C)c43)c2)cc1. The van der Waals surface area contributed by atoms with E-state index in [4.69, 9.17) is 15.2 Å². The third-order valence-corrected chi connectivity index (χ3v) is 5.03. The molecule has 1 aromatic heterocycles. The number of anilines is 1. The maximum atomic E-state index is 12.2. The lowest BCUT2D eigenvalue weighted by Crippen LogP contribution is -2.21. The van der Waals surface area contributed by atoms with Crippen LogP contribution < -0.4 is 20.5 Å². The lowest BCUT2D eigenvalue weighted by Gasteiger charge is -2.24. The molecule has 8 heteroatoms. The quantitative estimate of drug-likeness (QED) is 0.587. The molecule has 1 unspecified atom stereocenters. The number of hydrogen-bond donors (Lipinski definition) is 3. The summed E-state index contributed by atoms with van der Waals surface area (Å²) in [7, 11) is 0. The van der Waals surface area contributed by atoms with Crippen molar-refractivity contribution < 1.29 is 14.3 Å². The fraction of sp³-hybridized carbons (Fsp3) is 0.174. The van der Waals surface area contributed by atoms with Gasteiger partial charge in [0.05, 0.1) is 5.92 Å². The molecule has 4 N–H and O–H groups in total. The van der Waals surface area contributed by atoms with Gasteiger partial charge < -0.3 is 20.5 Å². The highest BCUT2D eigenvalue weighted by Gasteiger charge is 2.34. The molecule has 1 amide bonds. The molecule has 2 heterocycles. The lowest BCUT2D eigenvalue weighted by atomic mass is 9.84. The van der Waals surface area contributed by atoms with Crippen LogP contribution in [0.4, 0.5) is 5.69 Å². The smallest absolute Gasteiger partial charge is 0.262 e. The molecule has 0 saturated heterocycles. The number of rotatable bonds is 5. The van der Waals surface area contributed by atoms with Crippen molar-refractivity contribution in [3.8, 4) is 17.7 Å². The van der Waals surface area contributed by atoms with Crippen molar-refractivity contribution in [2.24, 2.45) is 5.73 Å². The first kappa shape index (κ1) is 20.0. The normalized spacial score (nSPS) is 14.9. The minimum Gasteiger partial charge on any atom is -0.484 e. The van der Waals surface area contributed by atoms with E-state index in [-0.39, 0.29) is 18.4 Å². The number of fused-ring (bicyclic) bond motifs is 1. The first-order valence-corrected chi connectivity index (χ1v) is 9.68. The van der Waals surface area contributed by atoms with Crippen LogP contribution in [0.3, 0.4) is 0 Å². The van der Waals surface area contributed by atoms with E-state index in [1.54, 1.807) is 18.2 Å². The molecule has 0 fully saturated rings. The molecule has 156 valence electrons. The Balaban J connectivity index is 1.53. The monoisotopic (exact) mass is 415 g/mol. The Bertz CT molecular complexity index is 1200. The molecule has 1 atom stereocenters. The number of nitrogens with two attached hydrogens (primary N) is 1. The first-order chi connectivity index (χ1) is 15.0. The van der Waals surface area contributed by atoms with Gasteiger partial charge in [0.25, 0.3) is 5.91 Å². The number of carbonyl (C=O) groups excluding carboxylic acids is 1. The van der Waals surface area contributed by atoms with E-state index < -0.39 is 5.92 Å². The van der Waals surface area contributed by atoms with Gasteiger partial charge in [-0.3, -0.25) is 9.89 Å². The summed E-state index contributed by atoms with van der Waals surface area (Å²) in [6.07, 6.45) is 0. The maximum Gasteiger partial charge on any atom is 0.262 e. The van der Waals surface area contributed by atoms with Gasteiger partial charge in [0.15, 0.2) is 6.61 Å². The Morgan fingerprint density at radius 2 is 2.06 bits per heavy atom. The minimum atomic E-state index is -0.447. The summed E-state index contributed by atoms with van der Waals surface area (Å²) < 4.78 is 11.2. The number of aromatic amines is 1. The predicted octanol–water partition coefficient (Wildman–Crippen LogP) is 3.26. The van der Waals surface area contributed by atoms with Crippen molar-refractivity contribution in [3.63, 3.8) is 0 Å². The number of ether oxygens (including phenoxy) is 2.